The maximum atomic E-state index is 3.87. The fourth-order valence-electron chi connectivity index (χ4n) is 3.22. The summed E-state index contributed by atoms with van der Waals surface area (Å²) in [4.78, 5) is 0. The molecule has 0 aromatic rings. The van der Waals surface area contributed by atoms with Crippen molar-refractivity contribution in [3.05, 3.63) is 0 Å². The van der Waals surface area contributed by atoms with Gasteiger partial charge < -0.3 is 5.32 Å². The summed E-state index contributed by atoms with van der Waals surface area (Å²) in [6.07, 6.45) is 11.5. The molecule has 2 aliphatic rings. The third-order valence-corrected chi connectivity index (χ3v) is 5.71. The summed E-state index contributed by atoms with van der Waals surface area (Å²) in [5.41, 5.74) is 0. The van der Waals surface area contributed by atoms with E-state index in [1.165, 1.54) is 63.7 Å². The third-order valence-electron chi connectivity index (χ3n) is 4.32. The van der Waals surface area contributed by atoms with Gasteiger partial charge in [0.1, 0.15) is 0 Å². The van der Waals surface area contributed by atoms with Crippen molar-refractivity contribution in [3.8, 4) is 0 Å². The molecule has 2 rings (SSSR count). The van der Waals surface area contributed by atoms with Crippen molar-refractivity contribution in [2.75, 3.05) is 12.3 Å². The van der Waals surface area contributed by atoms with Gasteiger partial charge in [-0.05, 0) is 37.4 Å². The number of thioether (sulfide) groups is 1. The predicted octanol–water partition coefficient (Wildman–Crippen LogP) is 3.83. The standard InChI is InChI=1S/C14H27NS/c1-2-12-7-3-4-9-14(12)15-11-13-8-5-6-10-16-13/h12-15H,2-11H2,1H3. The molecular weight excluding hydrogens is 214 g/mol. The lowest BCUT2D eigenvalue weighted by atomic mass is 9.83. The Labute approximate surface area is 105 Å². The SMILES string of the molecule is CCC1CCCCC1NCC1CCCCS1. The van der Waals surface area contributed by atoms with Crippen LogP contribution < -0.4 is 5.32 Å². The molecule has 2 heteroatoms. The Morgan fingerprint density at radius 1 is 1.06 bits per heavy atom. The summed E-state index contributed by atoms with van der Waals surface area (Å²) >= 11 is 2.20. The molecule has 1 N–H and O–H groups in total. The van der Waals surface area contributed by atoms with Gasteiger partial charge in [0.2, 0.25) is 0 Å². The third kappa shape index (κ3) is 3.66. The average Bonchev–Trinajstić information content (AvgIpc) is 2.38. The molecule has 16 heavy (non-hydrogen) atoms. The van der Waals surface area contributed by atoms with Crippen LogP contribution in [0.1, 0.15) is 58.3 Å². The van der Waals surface area contributed by atoms with Gasteiger partial charge in [0.05, 0.1) is 0 Å². The molecule has 94 valence electrons. The van der Waals surface area contributed by atoms with Crippen LogP contribution in [-0.2, 0) is 0 Å². The van der Waals surface area contributed by atoms with E-state index in [-0.39, 0.29) is 0 Å². The second-order valence-electron chi connectivity index (χ2n) is 5.46. The van der Waals surface area contributed by atoms with Crippen LogP contribution in [0, 0.1) is 5.92 Å². The van der Waals surface area contributed by atoms with Crippen molar-refractivity contribution in [2.24, 2.45) is 5.92 Å². The molecule has 0 aromatic heterocycles. The van der Waals surface area contributed by atoms with Crippen LogP contribution in [0.2, 0.25) is 0 Å². The van der Waals surface area contributed by atoms with Crippen LogP contribution in [0.5, 0.6) is 0 Å². The first-order valence-corrected chi connectivity index (χ1v) is 8.30. The van der Waals surface area contributed by atoms with E-state index in [2.05, 4.69) is 24.0 Å². The minimum absolute atomic E-state index is 0.835. The molecule has 1 nitrogen and oxygen atoms in total. The highest BCUT2D eigenvalue weighted by Crippen LogP contribution is 2.28. The lowest BCUT2D eigenvalue weighted by Gasteiger charge is -2.33. The lowest BCUT2D eigenvalue weighted by molar-refractivity contribution is 0.255. The van der Waals surface area contributed by atoms with Crippen LogP contribution in [0.4, 0.5) is 0 Å². The summed E-state index contributed by atoms with van der Waals surface area (Å²) in [5, 5.41) is 4.78. The van der Waals surface area contributed by atoms with E-state index < -0.39 is 0 Å². The topological polar surface area (TPSA) is 12.0 Å². The predicted molar refractivity (Wildman–Crippen MR) is 74.1 cm³/mol. The molecule has 1 saturated carbocycles. The van der Waals surface area contributed by atoms with E-state index >= 15 is 0 Å². The molecule has 1 saturated heterocycles. The molecule has 2 fully saturated rings. The zero-order valence-corrected chi connectivity index (χ0v) is 11.5. The summed E-state index contributed by atoms with van der Waals surface area (Å²) in [6.45, 7) is 3.63. The number of hydrogen-bond acceptors (Lipinski definition) is 2. The van der Waals surface area contributed by atoms with E-state index in [9.17, 15) is 0 Å². The Hall–Kier alpha value is 0.310. The lowest BCUT2D eigenvalue weighted by Crippen LogP contribution is -2.41. The molecule has 3 unspecified atom stereocenters. The fraction of sp³-hybridized carbons (Fsp3) is 1.00. The normalized spacial score (nSPS) is 36.2. The minimum atomic E-state index is 0.835. The maximum Gasteiger partial charge on any atom is 0.0172 e. The van der Waals surface area contributed by atoms with Crippen LogP contribution in [0.3, 0.4) is 0 Å². The number of rotatable bonds is 4. The van der Waals surface area contributed by atoms with E-state index in [0.717, 1.165) is 17.2 Å². The minimum Gasteiger partial charge on any atom is -0.313 e. The van der Waals surface area contributed by atoms with Gasteiger partial charge in [0.25, 0.3) is 0 Å². The van der Waals surface area contributed by atoms with E-state index in [1.807, 2.05) is 0 Å². The first-order valence-electron chi connectivity index (χ1n) is 7.25. The number of hydrogen-bond donors (Lipinski definition) is 1. The van der Waals surface area contributed by atoms with Gasteiger partial charge >= 0.3 is 0 Å². The van der Waals surface area contributed by atoms with Crippen molar-refractivity contribution >= 4 is 11.8 Å². The summed E-state index contributed by atoms with van der Waals surface area (Å²) in [6, 6.07) is 0.835. The van der Waals surface area contributed by atoms with E-state index in [1.54, 1.807) is 0 Å². The van der Waals surface area contributed by atoms with Crippen molar-refractivity contribution in [1.29, 1.82) is 0 Å². The first-order chi connectivity index (χ1) is 7.90. The van der Waals surface area contributed by atoms with Crippen molar-refractivity contribution in [3.63, 3.8) is 0 Å². The smallest absolute Gasteiger partial charge is 0.0172 e. The second kappa shape index (κ2) is 6.90. The largest absolute Gasteiger partial charge is 0.313 e. The van der Waals surface area contributed by atoms with Gasteiger partial charge in [-0.1, -0.05) is 32.6 Å². The Kier molecular flexibility index (Phi) is 5.51. The zero-order valence-electron chi connectivity index (χ0n) is 10.7. The Bertz CT molecular complexity index is 189. The quantitative estimate of drug-likeness (QED) is 0.803. The van der Waals surface area contributed by atoms with Crippen LogP contribution in [-0.4, -0.2) is 23.6 Å². The maximum absolute atomic E-state index is 3.87. The van der Waals surface area contributed by atoms with Crippen molar-refractivity contribution in [1.82, 2.24) is 5.32 Å². The van der Waals surface area contributed by atoms with Gasteiger partial charge in [-0.3, -0.25) is 0 Å². The molecule has 0 radical (unpaired) electrons. The van der Waals surface area contributed by atoms with Crippen LogP contribution in [0.15, 0.2) is 0 Å². The average molecular weight is 241 g/mol. The molecule has 1 heterocycles. The number of nitrogens with one attached hydrogen (secondary N) is 1. The van der Waals surface area contributed by atoms with Crippen molar-refractivity contribution < 1.29 is 0 Å². The van der Waals surface area contributed by atoms with Crippen molar-refractivity contribution in [2.45, 2.75) is 69.6 Å². The molecule has 0 amide bonds. The van der Waals surface area contributed by atoms with E-state index in [4.69, 9.17) is 0 Å². The summed E-state index contributed by atoms with van der Waals surface area (Å²) < 4.78 is 0. The van der Waals surface area contributed by atoms with Crippen LogP contribution >= 0.6 is 11.8 Å². The molecule has 1 aliphatic heterocycles. The monoisotopic (exact) mass is 241 g/mol. The zero-order chi connectivity index (χ0) is 11.2. The Balaban J connectivity index is 1.70. The highest BCUT2D eigenvalue weighted by atomic mass is 32.2. The van der Waals surface area contributed by atoms with Gasteiger partial charge in [0, 0.05) is 17.8 Å². The molecule has 0 aromatic carbocycles. The molecule has 0 bridgehead atoms. The molecule has 0 spiro atoms. The summed E-state index contributed by atoms with van der Waals surface area (Å²) in [7, 11) is 0. The highest BCUT2D eigenvalue weighted by Gasteiger charge is 2.24. The van der Waals surface area contributed by atoms with E-state index in [0.29, 0.717) is 0 Å². The van der Waals surface area contributed by atoms with Gasteiger partial charge in [-0.2, -0.15) is 11.8 Å². The van der Waals surface area contributed by atoms with Gasteiger partial charge in [0.15, 0.2) is 0 Å². The molecule has 1 aliphatic carbocycles. The van der Waals surface area contributed by atoms with Crippen LogP contribution in [0.25, 0.3) is 0 Å². The first kappa shape index (κ1) is 12.8. The van der Waals surface area contributed by atoms with Gasteiger partial charge in [-0.15, -0.1) is 0 Å². The summed E-state index contributed by atoms with van der Waals surface area (Å²) in [5.74, 6) is 2.36. The van der Waals surface area contributed by atoms with Gasteiger partial charge in [-0.25, -0.2) is 0 Å². The molecule has 3 atom stereocenters. The fourth-order valence-corrected chi connectivity index (χ4v) is 4.47. The molecular formula is C14H27NS. The second-order valence-corrected chi connectivity index (χ2v) is 6.86. The Morgan fingerprint density at radius 2 is 1.88 bits per heavy atom. The Morgan fingerprint density at radius 3 is 2.62 bits per heavy atom. The highest BCUT2D eigenvalue weighted by molar-refractivity contribution is 7.99.